The molecule has 0 bridgehead atoms. The zero-order chi connectivity index (χ0) is 14.0. The van der Waals surface area contributed by atoms with Crippen LogP contribution in [0.15, 0.2) is 22.7 Å². The van der Waals surface area contributed by atoms with Crippen molar-refractivity contribution in [1.29, 1.82) is 0 Å². The number of thiocarbonyl (C=S) groups is 1. The zero-order valence-corrected chi connectivity index (χ0v) is 12.9. The van der Waals surface area contributed by atoms with Crippen molar-refractivity contribution >= 4 is 50.4 Å². The van der Waals surface area contributed by atoms with Crippen LogP contribution in [0.3, 0.4) is 0 Å². The fraction of sp³-hybridized carbons (Fsp3) is 0.182. The van der Waals surface area contributed by atoms with Crippen molar-refractivity contribution in [2.24, 2.45) is 0 Å². The maximum atomic E-state index is 12.7. The van der Waals surface area contributed by atoms with E-state index in [0.717, 1.165) is 27.3 Å². The largest absolute Gasteiger partial charge is 0.345 e. The van der Waals surface area contributed by atoms with Gasteiger partial charge in [0.1, 0.15) is 9.87 Å². The van der Waals surface area contributed by atoms with Gasteiger partial charge in [-0.2, -0.15) is 0 Å². The van der Waals surface area contributed by atoms with Gasteiger partial charge in [-0.1, -0.05) is 32.6 Å². The summed E-state index contributed by atoms with van der Waals surface area (Å²) in [5.41, 5.74) is 1.34. The van der Waals surface area contributed by atoms with Crippen molar-refractivity contribution in [3.8, 4) is 0 Å². The topological polar surface area (TPSA) is 37.8 Å². The molecule has 0 atom stereocenters. The van der Waals surface area contributed by atoms with Gasteiger partial charge in [-0.05, 0) is 42.2 Å². The van der Waals surface area contributed by atoms with Crippen LogP contribution in [-0.2, 0) is 0 Å². The highest BCUT2D eigenvalue weighted by Gasteiger charge is 2.21. The third-order valence-corrected chi connectivity index (χ3v) is 4.05. The molecule has 0 spiro atoms. The first-order valence-corrected chi connectivity index (χ1v) is 7.14. The maximum Gasteiger partial charge on any atom is 0.283 e. The Morgan fingerprint density at radius 2 is 2.21 bits per heavy atom. The van der Waals surface area contributed by atoms with E-state index in [2.05, 4.69) is 30.8 Å². The predicted molar refractivity (Wildman–Crippen MR) is 79.1 cm³/mol. The molecule has 0 radical (unpaired) electrons. The monoisotopic (exact) mass is 363 g/mol. The van der Waals surface area contributed by atoms with Gasteiger partial charge >= 0.3 is 0 Å². The number of benzene rings is 1. The van der Waals surface area contributed by atoms with Crippen LogP contribution in [-0.4, -0.2) is 14.6 Å². The lowest BCUT2D eigenvalue weighted by Gasteiger charge is -2.10. The first-order chi connectivity index (χ1) is 8.99. The second-order valence-electron chi connectivity index (χ2n) is 3.70. The van der Waals surface area contributed by atoms with E-state index < -0.39 is 6.43 Å². The number of aryl methyl sites for hydroxylation is 1. The maximum absolute atomic E-state index is 12.7. The lowest BCUT2D eigenvalue weighted by atomic mass is 10.2. The molecule has 0 aliphatic rings. The summed E-state index contributed by atoms with van der Waals surface area (Å²) >= 11 is 9.34. The van der Waals surface area contributed by atoms with Crippen LogP contribution < -0.4 is 5.32 Å². The third-order valence-electron chi connectivity index (χ3n) is 2.36. The highest BCUT2D eigenvalue weighted by Crippen LogP contribution is 2.26. The molecule has 0 saturated heterocycles. The smallest absolute Gasteiger partial charge is 0.283 e. The predicted octanol–water partition coefficient (Wildman–Crippen LogP) is 4.33. The Balaban J connectivity index is 2.23. The van der Waals surface area contributed by atoms with Gasteiger partial charge in [0.2, 0.25) is 0 Å². The molecule has 0 aliphatic heterocycles. The fourth-order valence-corrected chi connectivity index (χ4v) is 2.81. The van der Waals surface area contributed by atoms with Crippen LogP contribution in [0.5, 0.6) is 0 Å². The van der Waals surface area contributed by atoms with Gasteiger partial charge in [0.05, 0.1) is 0 Å². The minimum atomic E-state index is -2.68. The third kappa shape index (κ3) is 3.31. The highest BCUT2D eigenvalue weighted by molar-refractivity contribution is 9.10. The Morgan fingerprint density at radius 1 is 1.47 bits per heavy atom. The second kappa shape index (κ2) is 5.98. The molecule has 8 heteroatoms. The summed E-state index contributed by atoms with van der Waals surface area (Å²) in [6.07, 6.45) is -2.68. The molecule has 0 aliphatic carbocycles. The molecule has 0 amide bonds. The van der Waals surface area contributed by atoms with E-state index in [0.29, 0.717) is 0 Å². The Hall–Kier alpha value is -0.990. The van der Waals surface area contributed by atoms with E-state index >= 15 is 0 Å². The number of anilines is 1. The molecule has 1 aromatic carbocycles. The summed E-state index contributed by atoms with van der Waals surface area (Å²) < 4.78 is 29.9. The first-order valence-electron chi connectivity index (χ1n) is 5.17. The Bertz CT molecular complexity index is 616. The van der Waals surface area contributed by atoms with Crippen molar-refractivity contribution in [2.75, 3.05) is 5.32 Å². The molecule has 100 valence electrons. The van der Waals surface area contributed by atoms with Crippen LogP contribution >= 0.6 is 39.7 Å². The second-order valence-corrected chi connectivity index (χ2v) is 5.78. The molecule has 3 nitrogen and oxygen atoms in total. The van der Waals surface area contributed by atoms with Gasteiger partial charge < -0.3 is 5.32 Å². The van der Waals surface area contributed by atoms with Crippen molar-refractivity contribution in [2.45, 2.75) is 13.3 Å². The van der Waals surface area contributed by atoms with Crippen LogP contribution in [0.1, 0.15) is 22.6 Å². The summed E-state index contributed by atoms with van der Waals surface area (Å²) in [5, 5.41) is 6.34. The Morgan fingerprint density at radius 3 is 2.84 bits per heavy atom. The fourth-order valence-electron chi connectivity index (χ4n) is 1.44. The molecule has 0 unspecified atom stereocenters. The van der Waals surface area contributed by atoms with E-state index in [1.807, 2.05) is 25.1 Å². The van der Waals surface area contributed by atoms with Gasteiger partial charge in [-0.15, -0.1) is 5.10 Å². The molecule has 0 fully saturated rings. The summed E-state index contributed by atoms with van der Waals surface area (Å²) in [4.78, 5) is 0.406. The molecule has 1 heterocycles. The molecule has 19 heavy (non-hydrogen) atoms. The number of alkyl halides is 2. The summed E-state index contributed by atoms with van der Waals surface area (Å²) in [7, 11) is 0. The number of hydrogen-bond acceptors (Lipinski definition) is 4. The van der Waals surface area contributed by atoms with E-state index in [1.165, 1.54) is 0 Å². The van der Waals surface area contributed by atoms with Crippen LogP contribution in [0.25, 0.3) is 0 Å². The summed E-state index contributed by atoms with van der Waals surface area (Å²) in [5.74, 6) is 0. The normalized spacial score (nSPS) is 10.8. The standard InChI is InChI=1S/C11H8BrF2N3S2/c1-5-4-6(12)2-3-7(5)15-11(18)9-8(10(13)14)16-17-19-9/h2-4,10H,1H3,(H,15,18). The Kier molecular flexibility index (Phi) is 4.54. The van der Waals surface area contributed by atoms with Crippen LogP contribution in [0.2, 0.25) is 0 Å². The number of halogens is 3. The molecule has 2 aromatic rings. The van der Waals surface area contributed by atoms with Crippen molar-refractivity contribution in [1.82, 2.24) is 9.59 Å². The van der Waals surface area contributed by atoms with E-state index in [9.17, 15) is 8.78 Å². The van der Waals surface area contributed by atoms with Gasteiger partial charge in [0.25, 0.3) is 6.43 Å². The average molecular weight is 364 g/mol. The van der Waals surface area contributed by atoms with Crippen molar-refractivity contribution < 1.29 is 8.78 Å². The lowest BCUT2D eigenvalue weighted by molar-refractivity contribution is 0.146. The molecule has 1 N–H and O–H groups in total. The van der Waals surface area contributed by atoms with Crippen molar-refractivity contribution in [3.05, 3.63) is 38.8 Å². The number of nitrogens with zero attached hydrogens (tertiary/aromatic N) is 2. The number of rotatable bonds is 3. The quantitative estimate of drug-likeness (QED) is 0.823. The molecular weight excluding hydrogens is 356 g/mol. The SMILES string of the molecule is Cc1cc(Br)ccc1NC(=S)c1snnc1C(F)F. The van der Waals surface area contributed by atoms with E-state index in [1.54, 1.807) is 0 Å². The Labute approximate surface area is 126 Å². The molecular formula is C11H8BrF2N3S2. The lowest BCUT2D eigenvalue weighted by Crippen LogP contribution is -2.12. The number of nitrogens with one attached hydrogen (secondary N) is 1. The zero-order valence-electron chi connectivity index (χ0n) is 9.65. The van der Waals surface area contributed by atoms with Crippen molar-refractivity contribution in [3.63, 3.8) is 0 Å². The van der Waals surface area contributed by atoms with Crippen LogP contribution in [0.4, 0.5) is 14.5 Å². The minimum Gasteiger partial charge on any atom is -0.345 e. The first kappa shape index (κ1) is 14.4. The van der Waals surface area contributed by atoms with Gasteiger partial charge in [0, 0.05) is 10.2 Å². The highest BCUT2D eigenvalue weighted by atomic mass is 79.9. The molecule has 1 aromatic heterocycles. The van der Waals surface area contributed by atoms with E-state index in [4.69, 9.17) is 12.2 Å². The summed E-state index contributed by atoms with van der Waals surface area (Å²) in [6, 6.07) is 5.57. The van der Waals surface area contributed by atoms with Gasteiger partial charge in [-0.25, -0.2) is 8.78 Å². The van der Waals surface area contributed by atoms with E-state index in [-0.39, 0.29) is 15.6 Å². The van der Waals surface area contributed by atoms with Gasteiger partial charge in [-0.3, -0.25) is 0 Å². The van der Waals surface area contributed by atoms with Crippen LogP contribution in [0, 0.1) is 6.92 Å². The summed E-state index contributed by atoms with van der Waals surface area (Å²) in [6.45, 7) is 1.90. The number of hydrogen-bond donors (Lipinski definition) is 1. The van der Waals surface area contributed by atoms with Gasteiger partial charge in [0.15, 0.2) is 5.69 Å². The average Bonchev–Trinajstić information content (AvgIpc) is 2.82. The minimum absolute atomic E-state index is 0.201. The molecule has 0 saturated carbocycles. The number of aromatic nitrogens is 2. The molecule has 2 rings (SSSR count).